The summed E-state index contributed by atoms with van der Waals surface area (Å²) in [6, 6.07) is 11.8. The van der Waals surface area contributed by atoms with Crippen molar-refractivity contribution in [2.45, 2.75) is 32.4 Å². The molecular weight excluding hydrogens is 273 g/mol. The van der Waals surface area contributed by atoms with Gasteiger partial charge in [0.1, 0.15) is 5.82 Å². The Bertz CT molecular complexity index is 635. The predicted molar refractivity (Wildman–Crippen MR) is 81.4 cm³/mol. The fraction of sp³-hybridized carbons (Fsp3) is 0.294. The van der Waals surface area contributed by atoms with Gasteiger partial charge in [0.25, 0.3) is 0 Å². The van der Waals surface area contributed by atoms with Crippen molar-refractivity contribution in [2.24, 2.45) is 0 Å². The van der Waals surface area contributed by atoms with E-state index in [1.165, 1.54) is 12.8 Å². The molecule has 104 valence electrons. The molecule has 0 heterocycles. The van der Waals surface area contributed by atoms with Crippen molar-refractivity contribution in [1.29, 1.82) is 0 Å². The van der Waals surface area contributed by atoms with Crippen LogP contribution in [0.3, 0.4) is 0 Å². The molecule has 1 N–H and O–H groups in total. The molecule has 0 aliphatic heterocycles. The minimum Gasteiger partial charge on any atom is -0.310 e. The summed E-state index contributed by atoms with van der Waals surface area (Å²) in [5.74, 6) is -0.160. The molecule has 0 saturated heterocycles. The van der Waals surface area contributed by atoms with Crippen LogP contribution in [-0.2, 0) is 6.54 Å². The van der Waals surface area contributed by atoms with E-state index >= 15 is 0 Å². The van der Waals surface area contributed by atoms with Crippen LogP contribution in [0, 0.1) is 12.7 Å². The number of hydrogen-bond donors (Lipinski definition) is 1. The van der Waals surface area contributed by atoms with Gasteiger partial charge in [0.2, 0.25) is 0 Å². The number of benzene rings is 2. The first-order valence-corrected chi connectivity index (χ1v) is 7.29. The van der Waals surface area contributed by atoms with Crippen molar-refractivity contribution in [3.05, 3.63) is 58.4 Å². The largest absolute Gasteiger partial charge is 0.310 e. The third-order valence-corrected chi connectivity index (χ3v) is 4.12. The molecule has 2 aromatic carbocycles. The van der Waals surface area contributed by atoms with E-state index in [9.17, 15) is 4.39 Å². The molecule has 1 fully saturated rings. The lowest BCUT2D eigenvalue weighted by atomic mass is 10.0. The molecule has 3 heteroatoms. The highest BCUT2D eigenvalue weighted by Gasteiger charge is 2.20. The van der Waals surface area contributed by atoms with Crippen LogP contribution in [0.5, 0.6) is 0 Å². The zero-order chi connectivity index (χ0) is 14.1. The maximum atomic E-state index is 14.1. The summed E-state index contributed by atoms with van der Waals surface area (Å²) in [4.78, 5) is 0. The monoisotopic (exact) mass is 289 g/mol. The SMILES string of the molecule is Cc1ccc(-c2ccc(CNC3CC3)c(F)c2)cc1Cl. The number of halogens is 2. The summed E-state index contributed by atoms with van der Waals surface area (Å²) >= 11 is 6.12. The molecular formula is C17H17ClFN. The van der Waals surface area contributed by atoms with Gasteiger partial charge in [0, 0.05) is 23.2 Å². The molecule has 0 unspecified atom stereocenters. The van der Waals surface area contributed by atoms with Crippen LogP contribution >= 0.6 is 11.6 Å². The topological polar surface area (TPSA) is 12.0 Å². The van der Waals surface area contributed by atoms with E-state index in [1.54, 1.807) is 6.07 Å². The molecule has 0 atom stereocenters. The molecule has 0 bridgehead atoms. The van der Waals surface area contributed by atoms with Crippen molar-refractivity contribution in [2.75, 3.05) is 0 Å². The Kier molecular flexibility index (Phi) is 3.77. The van der Waals surface area contributed by atoms with Gasteiger partial charge in [-0.25, -0.2) is 4.39 Å². The van der Waals surface area contributed by atoms with Gasteiger partial charge >= 0.3 is 0 Å². The van der Waals surface area contributed by atoms with Crippen molar-refractivity contribution in [3.63, 3.8) is 0 Å². The molecule has 1 nitrogen and oxygen atoms in total. The van der Waals surface area contributed by atoms with E-state index in [1.807, 2.05) is 37.3 Å². The van der Waals surface area contributed by atoms with Gasteiger partial charge in [-0.15, -0.1) is 0 Å². The molecule has 0 radical (unpaired) electrons. The highest BCUT2D eigenvalue weighted by Crippen LogP contribution is 2.27. The molecule has 0 aromatic heterocycles. The Balaban J connectivity index is 1.82. The lowest BCUT2D eigenvalue weighted by Gasteiger charge is -2.08. The first-order valence-electron chi connectivity index (χ1n) is 6.92. The van der Waals surface area contributed by atoms with Crippen molar-refractivity contribution in [1.82, 2.24) is 5.32 Å². The van der Waals surface area contributed by atoms with E-state index < -0.39 is 0 Å². The highest BCUT2D eigenvalue weighted by molar-refractivity contribution is 6.31. The second-order valence-electron chi connectivity index (χ2n) is 5.43. The molecule has 0 amide bonds. The van der Waals surface area contributed by atoms with Gasteiger partial charge in [-0.05, 0) is 48.6 Å². The summed E-state index contributed by atoms with van der Waals surface area (Å²) in [5, 5.41) is 4.04. The average Bonchev–Trinajstić information content (AvgIpc) is 3.24. The molecule has 1 saturated carbocycles. The Morgan fingerprint density at radius 3 is 2.50 bits per heavy atom. The van der Waals surface area contributed by atoms with Crippen LogP contribution in [0.4, 0.5) is 4.39 Å². The highest BCUT2D eigenvalue weighted by atomic mass is 35.5. The van der Waals surface area contributed by atoms with E-state index in [2.05, 4.69) is 5.32 Å². The number of hydrogen-bond acceptors (Lipinski definition) is 1. The molecule has 1 aliphatic rings. The number of nitrogens with one attached hydrogen (secondary N) is 1. The standard InChI is InChI=1S/C17H17ClFN/c1-11-2-3-12(8-16(11)18)13-4-5-14(17(19)9-13)10-20-15-6-7-15/h2-5,8-9,15,20H,6-7,10H2,1H3. The Morgan fingerprint density at radius 2 is 1.85 bits per heavy atom. The van der Waals surface area contributed by atoms with Crippen LogP contribution in [0.15, 0.2) is 36.4 Å². The first-order chi connectivity index (χ1) is 9.63. The number of rotatable bonds is 4. The smallest absolute Gasteiger partial charge is 0.128 e. The van der Waals surface area contributed by atoms with E-state index in [0.717, 1.165) is 22.3 Å². The van der Waals surface area contributed by atoms with Gasteiger partial charge < -0.3 is 5.32 Å². The molecule has 3 rings (SSSR count). The van der Waals surface area contributed by atoms with Gasteiger partial charge in [-0.1, -0.05) is 35.9 Å². The van der Waals surface area contributed by atoms with Crippen LogP contribution in [0.2, 0.25) is 5.02 Å². The number of aryl methyl sites for hydroxylation is 1. The molecule has 1 aliphatic carbocycles. The van der Waals surface area contributed by atoms with Crippen molar-refractivity contribution < 1.29 is 4.39 Å². The van der Waals surface area contributed by atoms with E-state index in [-0.39, 0.29) is 5.82 Å². The average molecular weight is 290 g/mol. The normalized spacial score (nSPS) is 14.6. The van der Waals surface area contributed by atoms with Crippen LogP contribution < -0.4 is 5.32 Å². The summed E-state index contributed by atoms with van der Waals surface area (Å²) in [6.07, 6.45) is 2.42. The van der Waals surface area contributed by atoms with Crippen molar-refractivity contribution >= 4 is 11.6 Å². The Hall–Kier alpha value is -1.38. The van der Waals surface area contributed by atoms with Crippen LogP contribution in [0.25, 0.3) is 11.1 Å². The van der Waals surface area contributed by atoms with Crippen molar-refractivity contribution in [3.8, 4) is 11.1 Å². The molecule has 20 heavy (non-hydrogen) atoms. The fourth-order valence-corrected chi connectivity index (χ4v) is 2.36. The summed E-state index contributed by atoms with van der Waals surface area (Å²) in [6.45, 7) is 2.56. The lowest BCUT2D eigenvalue weighted by molar-refractivity contribution is 0.587. The third kappa shape index (κ3) is 3.02. The first kappa shape index (κ1) is 13.6. The van der Waals surface area contributed by atoms with Crippen LogP contribution in [-0.4, -0.2) is 6.04 Å². The fourth-order valence-electron chi connectivity index (χ4n) is 2.18. The second-order valence-corrected chi connectivity index (χ2v) is 5.83. The summed E-state index contributed by atoms with van der Waals surface area (Å²) in [5.41, 5.74) is 3.56. The Morgan fingerprint density at radius 1 is 1.15 bits per heavy atom. The maximum Gasteiger partial charge on any atom is 0.128 e. The quantitative estimate of drug-likeness (QED) is 0.860. The predicted octanol–water partition coefficient (Wildman–Crippen LogP) is 4.71. The molecule has 0 spiro atoms. The maximum absolute atomic E-state index is 14.1. The van der Waals surface area contributed by atoms with Gasteiger partial charge in [-0.3, -0.25) is 0 Å². The lowest BCUT2D eigenvalue weighted by Crippen LogP contribution is -2.16. The minimum atomic E-state index is -0.160. The zero-order valence-corrected chi connectivity index (χ0v) is 12.2. The minimum absolute atomic E-state index is 0.160. The second kappa shape index (κ2) is 5.55. The summed E-state index contributed by atoms with van der Waals surface area (Å²) in [7, 11) is 0. The van der Waals surface area contributed by atoms with E-state index in [0.29, 0.717) is 17.6 Å². The van der Waals surface area contributed by atoms with E-state index in [4.69, 9.17) is 11.6 Å². The van der Waals surface area contributed by atoms with Crippen LogP contribution in [0.1, 0.15) is 24.0 Å². The zero-order valence-electron chi connectivity index (χ0n) is 11.4. The molecule has 2 aromatic rings. The van der Waals surface area contributed by atoms with Gasteiger partial charge in [-0.2, -0.15) is 0 Å². The third-order valence-electron chi connectivity index (χ3n) is 3.72. The summed E-state index contributed by atoms with van der Waals surface area (Å²) < 4.78 is 14.1. The Labute approximate surface area is 123 Å². The van der Waals surface area contributed by atoms with Gasteiger partial charge in [0.15, 0.2) is 0 Å². The van der Waals surface area contributed by atoms with Gasteiger partial charge in [0.05, 0.1) is 0 Å².